The summed E-state index contributed by atoms with van der Waals surface area (Å²) in [6, 6.07) is 5.63. The standard InChI is InChI=1S/C14H22N2O2S/c1-3-8-18-9-4-7-16-13-10-11(17-2)5-6-12(13)14(15)19/h5-6,10,16H,3-4,7-9H2,1-2H3,(H2,15,19). The number of thiocarbonyl (C=S) groups is 1. The summed E-state index contributed by atoms with van der Waals surface area (Å²) in [5, 5.41) is 3.32. The van der Waals surface area contributed by atoms with Gasteiger partial charge in [0.2, 0.25) is 0 Å². The number of methoxy groups -OCH3 is 1. The first-order chi connectivity index (χ1) is 9.19. The second-order valence-electron chi connectivity index (χ2n) is 4.17. The molecule has 0 unspecified atom stereocenters. The molecular formula is C14H22N2O2S. The maximum Gasteiger partial charge on any atom is 0.120 e. The topological polar surface area (TPSA) is 56.5 Å². The van der Waals surface area contributed by atoms with Crippen molar-refractivity contribution in [2.24, 2.45) is 5.73 Å². The molecule has 19 heavy (non-hydrogen) atoms. The summed E-state index contributed by atoms with van der Waals surface area (Å²) in [6.45, 7) is 4.49. The molecule has 0 saturated heterocycles. The van der Waals surface area contributed by atoms with Crippen LogP contribution in [0.4, 0.5) is 5.69 Å². The zero-order chi connectivity index (χ0) is 14.1. The summed E-state index contributed by atoms with van der Waals surface area (Å²) in [4.78, 5) is 0.382. The van der Waals surface area contributed by atoms with Gasteiger partial charge in [-0.1, -0.05) is 19.1 Å². The summed E-state index contributed by atoms with van der Waals surface area (Å²) >= 11 is 5.04. The van der Waals surface area contributed by atoms with Gasteiger partial charge in [0, 0.05) is 37.1 Å². The number of hydrogen-bond acceptors (Lipinski definition) is 4. The molecule has 4 nitrogen and oxygen atoms in total. The van der Waals surface area contributed by atoms with Gasteiger partial charge in [0.15, 0.2) is 0 Å². The third kappa shape index (κ3) is 5.44. The molecule has 5 heteroatoms. The van der Waals surface area contributed by atoms with Crippen LogP contribution in [-0.2, 0) is 4.74 Å². The van der Waals surface area contributed by atoms with Crippen molar-refractivity contribution >= 4 is 22.9 Å². The Hall–Kier alpha value is -1.33. The summed E-state index contributed by atoms with van der Waals surface area (Å²) in [5.74, 6) is 0.782. The maximum atomic E-state index is 5.70. The second-order valence-corrected chi connectivity index (χ2v) is 4.61. The van der Waals surface area contributed by atoms with E-state index in [2.05, 4.69) is 12.2 Å². The van der Waals surface area contributed by atoms with Crippen molar-refractivity contribution in [3.8, 4) is 5.75 Å². The van der Waals surface area contributed by atoms with E-state index in [1.165, 1.54) is 0 Å². The van der Waals surface area contributed by atoms with Crippen LogP contribution >= 0.6 is 12.2 Å². The van der Waals surface area contributed by atoms with Crippen molar-refractivity contribution in [2.45, 2.75) is 19.8 Å². The molecule has 1 aromatic rings. The molecule has 3 N–H and O–H groups in total. The van der Waals surface area contributed by atoms with Gasteiger partial charge in [-0.15, -0.1) is 0 Å². The molecule has 0 saturated carbocycles. The molecular weight excluding hydrogens is 260 g/mol. The summed E-state index contributed by atoms with van der Waals surface area (Å²) < 4.78 is 10.6. The van der Waals surface area contributed by atoms with Crippen LogP contribution in [-0.4, -0.2) is 31.9 Å². The lowest BCUT2D eigenvalue weighted by atomic mass is 10.1. The van der Waals surface area contributed by atoms with Crippen molar-refractivity contribution in [3.05, 3.63) is 23.8 Å². The van der Waals surface area contributed by atoms with Gasteiger partial charge in [-0.3, -0.25) is 0 Å². The minimum Gasteiger partial charge on any atom is -0.497 e. The lowest BCUT2D eigenvalue weighted by molar-refractivity contribution is 0.134. The van der Waals surface area contributed by atoms with Gasteiger partial charge in [-0.05, 0) is 25.0 Å². The first-order valence-corrected chi connectivity index (χ1v) is 6.89. The molecule has 0 radical (unpaired) electrons. The van der Waals surface area contributed by atoms with E-state index >= 15 is 0 Å². The molecule has 0 aliphatic heterocycles. The molecule has 0 aromatic heterocycles. The third-order valence-corrected chi connectivity index (χ3v) is 2.84. The van der Waals surface area contributed by atoms with Crippen molar-refractivity contribution in [1.82, 2.24) is 0 Å². The summed E-state index contributed by atoms with van der Waals surface area (Å²) in [6.07, 6.45) is 1.99. The molecule has 0 aliphatic carbocycles. The van der Waals surface area contributed by atoms with Gasteiger partial charge in [-0.2, -0.15) is 0 Å². The fraction of sp³-hybridized carbons (Fsp3) is 0.500. The molecule has 0 bridgehead atoms. The van der Waals surface area contributed by atoms with Crippen LogP contribution in [0, 0.1) is 0 Å². The molecule has 0 atom stereocenters. The fourth-order valence-corrected chi connectivity index (χ4v) is 1.83. The number of rotatable bonds is 9. The molecule has 0 spiro atoms. The molecule has 1 aromatic carbocycles. The van der Waals surface area contributed by atoms with Crippen LogP contribution in [0.5, 0.6) is 5.75 Å². The molecule has 0 aliphatic rings. The SMILES string of the molecule is CCCOCCCNc1cc(OC)ccc1C(N)=S. The van der Waals surface area contributed by atoms with E-state index in [9.17, 15) is 0 Å². The Bertz CT molecular complexity index is 410. The van der Waals surface area contributed by atoms with Crippen LogP contribution in [0.25, 0.3) is 0 Å². The van der Waals surface area contributed by atoms with Gasteiger partial charge < -0.3 is 20.5 Å². The summed E-state index contributed by atoms with van der Waals surface area (Å²) in [5.41, 5.74) is 7.45. The van der Waals surface area contributed by atoms with Crippen LogP contribution < -0.4 is 15.8 Å². The molecule has 1 rings (SSSR count). The minimum absolute atomic E-state index is 0.382. The Balaban J connectivity index is 2.52. The van der Waals surface area contributed by atoms with E-state index in [0.29, 0.717) is 4.99 Å². The molecule has 0 heterocycles. The van der Waals surface area contributed by atoms with Crippen LogP contribution in [0.3, 0.4) is 0 Å². The predicted molar refractivity (Wildman–Crippen MR) is 83.1 cm³/mol. The summed E-state index contributed by atoms with van der Waals surface area (Å²) in [7, 11) is 1.64. The lowest BCUT2D eigenvalue weighted by Crippen LogP contribution is -2.14. The number of nitrogens with one attached hydrogen (secondary N) is 1. The Morgan fingerprint density at radius 1 is 1.37 bits per heavy atom. The maximum absolute atomic E-state index is 5.70. The largest absolute Gasteiger partial charge is 0.497 e. The average molecular weight is 282 g/mol. The fourth-order valence-electron chi connectivity index (χ4n) is 1.66. The van der Waals surface area contributed by atoms with E-state index in [-0.39, 0.29) is 0 Å². The lowest BCUT2D eigenvalue weighted by Gasteiger charge is -2.12. The van der Waals surface area contributed by atoms with E-state index in [4.69, 9.17) is 27.4 Å². The van der Waals surface area contributed by atoms with Gasteiger partial charge in [-0.25, -0.2) is 0 Å². The van der Waals surface area contributed by atoms with Crippen molar-refractivity contribution in [1.29, 1.82) is 0 Å². The second kappa shape index (κ2) is 8.72. The van der Waals surface area contributed by atoms with Crippen molar-refractivity contribution in [2.75, 3.05) is 32.2 Å². The van der Waals surface area contributed by atoms with Crippen LogP contribution in [0.1, 0.15) is 25.3 Å². The number of ether oxygens (including phenoxy) is 2. The van der Waals surface area contributed by atoms with E-state index in [1.807, 2.05) is 18.2 Å². The zero-order valence-electron chi connectivity index (χ0n) is 11.6. The molecule has 0 fully saturated rings. The Kier molecular flexibility index (Phi) is 7.22. The Labute approximate surface area is 120 Å². The van der Waals surface area contributed by atoms with Crippen molar-refractivity contribution < 1.29 is 9.47 Å². The van der Waals surface area contributed by atoms with Crippen LogP contribution in [0.2, 0.25) is 0 Å². The number of benzene rings is 1. The first kappa shape index (κ1) is 15.7. The molecule has 106 valence electrons. The third-order valence-electron chi connectivity index (χ3n) is 2.62. The van der Waals surface area contributed by atoms with E-state index in [1.54, 1.807) is 7.11 Å². The Morgan fingerprint density at radius 2 is 2.16 bits per heavy atom. The van der Waals surface area contributed by atoms with E-state index < -0.39 is 0 Å². The highest BCUT2D eigenvalue weighted by Crippen LogP contribution is 2.22. The quantitative estimate of drug-likeness (QED) is 0.538. The monoisotopic (exact) mass is 282 g/mol. The highest BCUT2D eigenvalue weighted by atomic mass is 32.1. The Morgan fingerprint density at radius 3 is 2.79 bits per heavy atom. The number of anilines is 1. The smallest absolute Gasteiger partial charge is 0.120 e. The number of hydrogen-bond donors (Lipinski definition) is 2. The van der Waals surface area contributed by atoms with Crippen molar-refractivity contribution in [3.63, 3.8) is 0 Å². The van der Waals surface area contributed by atoms with Gasteiger partial charge in [0.1, 0.15) is 10.7 Å². The average Bonchev–Trinajstić information content (AvgIpc) is 2.42. The normalized spacial score (nSPS) is 10.2. The predicted octanol–water partition coefficient (Wildman–Crippen LogP) is 2.56. The van der Waals surface area contributed by atoms with Gasteiger partial charge in [0.05, 0.1) is 7.11 Å². The van der Waals surface area contributed by atoms with Gasteiger partial charge >= 0.3 is 0 Å². The number of nitrogens with two attached hydrogens (primary N) is 1. The van der Waals surface area contributed by atoms with E-state index in [0.717, 1.165) is 49.6 Å². The first-order valence-electron chi connectivity index (χ1n) is 6.48. The molecule has 0 amide bonds. The highest BCUT2D eigenvalue weighted by Gasteiger charge is 2.06. The van der Waals surface area contributed by atoms with Gasteiger partial charge in [0.25, 0.3) is 0 Å². The minimum atomic E-state index is 0.382. The van der Waals surface area contributed by atoms with Crippen LogP contribution in [0.15, 0.2) is 18.2 Å². The zero-order valence-corrected chi connectivity index (χ0v) is 12.4. The highest BCUT2D eigenvalue weighted by molar-refractivity contribution is 7.80.